The molecule has 0 fully saturated rings. The molecular weight excluding hydrogens is 306 g/mol. The van der Waals surface area contributed by atoms with Gasteiger partial charge in [0.2, 0.25) is 0 Å². The van der Waals surface area contributed by atoms with Crippen molar-refractivity contribution in [3.8, 4) is 5.75 Å². The molecule has 0 radical (unpaired) electrons. The van der Waals surface area contributed by atoms with Crippen molar-refractivity contribution in [1.29, 1.82) is 0 Å². The Labute approximate surface area is 104 Å². The fraction of sp³-hybridized carbons (Fsp3) is 0.286. The van der Waals surface area contributed by atoms with Crippen LogP contribution in [-0.4, -0.2) is 19.8 Å². The summed E-state index contributed by atoms with van der Waals surface area (Å²) in [7, 11) is 0.833. The number of ether oxygens (including phenoxy) is 1. The predicted octanol–water partition coefficient (Wildman–Crippen LogP) is 2.87. The molecule has 1 rings (SSSR count). The minimum absolute atomic E-state index is 0.219. The Morgan fingerprint density at radius 1 is 1.41 bits per heavy atom. The summed E-state index contributed by atoms with van der Waals surface area (Å²) < 4.78 is 61.3. The summed E-state index contributed by atoms with van der Waals surface area (Å²) in [6.45, 7) is 1.16. The molecule has 0 spiro atoms. The summed E-state index contributed by atoms with van der Waals surface area (Å²) in [4.78, 5) is 3.27. The molecule has 0 aliphatic carbocycles. The SMILES string of the molecule is Cc1c(S(=O)(=O)Cl)ncc(OC(F)(F)F)c1Cl. The van der Waals surface area contributed by atoms with Gasteiger partial charge in [0, 0.05) is 16.2 Å². The van der Waals surface area contributed by atoms with E-state index in [9.17, 15) is 21.6 Å². The van der Waals surface area contributed by atoms with Crippen molar-refractivity contribution in [2.75, 3.05) is 0 Å². The van der Waals surface area contributed by atoms with E-state index in [1.165, 1.54) is 0 Å². The predicted molar refractivity (Wildman–Crippen MR) is 53.7 cm³/mol. The number of rotatable bonds is 2. The molecule has 1 heterocycles. The monoisotopic (exact) mass is 309 g/mol. The number of alkyl halides is 3. The average molecular weight is 310 g/mol. The van der Waals surface area contributed by atoms with Gasteiger partial charge in [-0.3, -0.25) is 0 Å². The Morgan fingerprint density at radius 3 is 2.35 bits per heavy atom. The second-order valence-electron chi connectivity index (χ2n) is 2.85. The smallest absolute Gasteiger partial charge is 0.403 e. The lowest BCUT2D eigenvalue weighted by atomic mass is 10.3. The van der Waals surface area contributed by atoms with Gasteiger partial charge in [-0.1, -0.05) is 11.6 Å². The van der Waals surface area contributed by atoms with Gasteiger partial charge in [0.25, 0.3) is 9.05 Å². The van der Waals surface area contributed by atoms with Crippen LogP contribution in [0.5, 0.6) is 5.75 Å². The van der Waals surface area contributed by atoms with Crippen molar-refractivity contribution in [2.24, 2.45) is 0 Å². The normalized spacial score (nSPS) is 12.6. The summed E-state index contributed by atoms with van der Waals surface area (Å²) >= 11 is 5.52. The molecule has 0 aliphatic rings. The van der Waals surface area contributed by atoms with Gasteiger partial charge in [0.15, 0.2) is 10.8 Å². The maximum atomic E-state index is 11.9. The maximum absolute atomic E-state index is 11.9. The fourth-order valence-corrected chi connectivity index (χ4v) is 2.34. The molecule has 4 nitrogen and oxygen atoms in total. The molecule has 0 N–H and O–H groups in total. The van der Waals surface area contributed by atoms with Crippen LogP contribution >= 0.6 is 22.3 Å². The van der Waals surface area contributed by atoms with Crippen LogP contribution in [0.15, 0.2) is 11.2 Å². The molecular formula is C7H4Cl2F3NO3S. The van der Waals surface area contributed by atoms with E-state index in [0.29, 0.717) is 6.20 Å². The first-order valence-corrected chi connectivity index (χ1v) is 6.56. The molecule has 0 aromatic carbocycles. The molecule has 0 unspecified atom stereocenters. The Kier molecular flexibility index (Phi) is 3.80. The van der Waals surface area contributed by atoms with E-state index in [2.05, 4.69) is 9.72 Å². The number of aromatic nitrogens is 1. The molecule has 10 heteroatoms. The van der Waals surface area contributed by atoms with Crippen LogP contribution < -0.4 is 4.74 Å². The average Bonchev–Trinajstić information content (AvgIpc) is 2.08. The lowest BCUT2D eigenvalue weighted by Gasteiger charge is -2.12. The Morgan fingerprint density at radius 2 is 1.94 bits per heavy atom. The van der Waals surface area contributed by atoms with Crippen LogP contribution in [0.25, 0.3) is 0 Å². The van der Waals surface area contributed by atoms with E-state index >= 15 is 0 Å². The lowest BCUT2D eigenvalue weighted by molar-refractivity contribution is -0.274. The van der Waals surface area contributed by atoms with Crippen molar-refractivity contribution >= 4 is 31.3 Å². The zero-order valence-electron chi connectivity index (χ0n) is 8.05. The Hall–Kier alpha value is -0.730. The van der Waals surface area contributed by atoms with Crippen LogP contribution in [0.4, 0.5) is 13.2 Å². The van der Waals surface area contributed by atoms with E-state index < -0.39 is 31.2 Å². The first-order valence-electron chi connectivity index (χ1n) is 3.88. The Bertz CT molecular complexity index is 544. The summed E-state index contributed by atoms with van der Waals surface area (Å²) in [5.41, 5.74) is -0.219. The second kappa shape index (κ2) is 4.51. The van der Waals surface area contributed by atoms with Crippen molar-refractivity contribution in [1.82, 2.24) is 4.98 Å². The molecule has 0 aliphatic heterocycles. The van der Waals surface area contributed by atoms with Crippen molar-refractivity contribution in [3.63, 3.8) is 0 Å². The molecule has 0 amide bonds. The second-order valence-corrected chi connectivity index (χ2v) is 5.71. The molecule has 96 valence electrons. The van der Waals surface area contributed by atoms with E-state index in [1.54, 1.807) is 0 Å². The topological polar surface area (TPSA) is 56.3 Å². The molecule has 0 saturated heterocycles. The van der Waals surface area contributed by atoms with E-state index in [1.807, 2.05) is 0 Å². The first kappa shape index (κ1) is 14.3. The molecule has 17 heavy (non-hydrogen) atoms. The van der Waals surface area contributed by atoms with Gasteiger partial charge >= 0.3 is 6.36 Å². The first-order chi connectivity index (χ1) is 7.52. The summed E-state index contributed by atoms with van der Waals surface area (Å²) in [6.07, 6.45) is -4.41. The number of hydrogen-bond acceptors (Lipinski definition) is 4. The zero-order valence-corrected chi connectivity index (χ0v) is 10.4. The van der Waals surface area contributed by atoms with Crippen LogP contribution in [0.1, 0.15) is 5.56 Å². The fourth-order valence-electron chi connectivity index (χ4n) is 0.991. The minimum atomic E-state index is -4.95. The summed E-state index contributed by atoms with van der Waals surface area (Å²) in [5, 5.41) is -1.13. The minimum Gasteiger partial charge on any atom is -0.403 e. The summed E-state index contributed by atoms with van der Waals surface area (Å²) in [5.74, 6) is -0.791. The highest BCUT2D eigenvalue weighted by Gasteiger charge is 2.33. The van der Waals surface area contributed by atoms with Crippen LogP contribution in [0.2, 0.25) is 5.02 Å². The number of halogens is 5. The van der Waals surface area contributed by atoms with E-state index in [4.69, 9.17) is 22.3 Å². The summed E-state index contributed by atoms with van der Waals surface area (Å²) in [6, 6.07) is 0. The third kappa shape index (κ3) is 3.62. The van der Waals surface area contributed by atoms with Crippen LogP contribution in [0.3, 0.4) is 0 Å². The number of pyridine rings is 1. The van der Waals surface area contributed by atoms with Gasteiger partial charge in [-0.25, -0.2) is 13.4 Å². The molecule has 0 saturated carbocycles. The van der Waals surface area contributed by atoms with Crippen LogP contribution in [0, 0.1) is 6.92 Å². The molecule has 1 aromatic heterocycles. The zero-order chi connectivity index (χ0) is 13.4. The third-order valence-corrected chi connectivity index (χ3v) is 3.40. The molecule has 0 bridgehead atoms. The maximum Gasteiger partial charge on any atom is 0.573 e. The quantitative estimate of drug-likeness (QED) is 0.788. The van der Waals surface area contributed by atoms with Gasteiger partial charge in [0.1, 0.15) is 0 Å². The van der Waals surface area contributed by atoms with Gasteiger partial charge in [0.05, 0.1) is 11.2 Å². The lowest BCUT2D eigenvalue weighted by Crippen LogP contribution is -2.18. The van der Waals surface area contributed by atoms with Crippen molar-refractivity contribution < 1.29 is 26.3 Å². The Balaban J connectivity index is 3.30. The van der Waals surface area contributed by atoms with Crippen molar-refractivity contribution in [2.45, 2.75) is 18.3 Å². The van der Waals surface area contributed by atoms with Gasteiger partial charge in [-0.2, -0.15) is 0 Å². The largest absolute Gasteiger partial charge is 0.573 e. The van der Waals surface area contributed by atoms with Crippen molar-refractivity contribution in [3.05, 3.63) is 16.8 Å². The van der Waals surface area contributed by atoms with E-state index in [0.717, 1.165) is 6.92 Å². The highest BCUT2D eigenvalue weighted by atomic mass is 35.7. The third-order valence-electron chi connectivity index (χ3n) is 1.62. The molecule has 1 aromatic rings. The number of hydrogen-bond donors (Lipinski definition) is 0. The van der Waals surface area contributed by atoms with Gasteiger partial charge in [-0.05, 0) is 6.92 Å². The standard InChI is InChI=1S/C7H4Cl2F3NO3S/c1-3-5(8)4(16-7(10,11)12)2-13-6(3)17(9,14)15/h2H,1H3. The molecule has 0 atom stereocenters. The van der Waals surface area contributed by atoms with Crippen LogP contribution in [-0.2, 0) is 9.05 Å². The number of nitrogens with zero attached hydrogens (tertiary/aromatic N) is 1. The van der Waals surface area contributed by atoms with Gasteiger partial charge in [-0.15, -0.1) is 13.2 Å². The highest BCUT2D eigenvalue weighted by molar-refractivity contribution is 8.13. The van der Waals surface area contributed by atoms with Gasteiger partial charge < -0.3 is 4.74 Å². The van der Waals surface area contributed by atoms with E-state index in [-0.39, 0.29) is 5.56 Å². The highest BCUT2D eigenvalue weighted by Crippen LogP contribution is 2.34.